The van der Waals surface area contributed by atoms with Crippen molar-refractivity contribution in [3.63, 3.8) is 0 Å². The zero-order valence-electron chi connectivity index (χ0n) is 30.0. The number of aliphatic hydroxyl groups excluding tert-OH is 1. The lowest BCUT2D eigenvalue weighted by Crippen LogP contribution is -2.19. The Morgan fingerprint density at radius 1 is 0.450 bits per heavy atom. The second-order valence-electron chi connectivity index (χ2n) is 15.4. The third-order valence-electron chi connectivity index (χ3n) is 12.8. The fourth-order valence-electron chi connectivity index (χ4n) is 10.5. The topological polar surface area (TPSA) is 141 Å². The van der Waals surface area contributed by atoms with E-state index in [0.29, 0.717) is 98.4 Å². The number of fused-ring (bicyclic) bond motifs is 16. The summed E-state index contributed by atoms with van der Waals surface area (Å²) in [6.07, 6.45) is -1.15. The summed E-state index contributed by atoms with van der Waals surface area (Å²) in [4.78, 5) is 67.5. The molecule has 280 valence electrons. The van der Waals surface area contributed by atoms with Crippen LogP contribution in [0.2, 0.25) is 0 Å². The van der Waals surface area contributed by atoms with Crippen LogP contribution in [0.25, 0.3) is 135 Å². The smallest absolute Gasteiger partial charge is 0.264 e. The normalized spacial score (nSPS) is 14.8. The molecule has 12 heterocycles. The third-order valence-corrected chi connectivity index (χ3v) is 16.0. The van der Waals surface area contributed by atoms with Gasteiger partial charge in [0.15, 0.2) is 17.5 Å². The van der Waals surface area contributed by atoms with E-state index in [1.54, 1.807) is 25.3 Å². The number of pyridine rings is 3. The number of hydrogen-bond acceptors (Lipinski definition) is 12. The average Bonchev–Trinajstić information content (AvgIpc) is 4.10. The van der Waals surface area contributed by atoms with E-state index in [1.165, 1.54) is 45.3 Å². The molecule has 0 aliphatic carbocycles. The van der Waals surface area contributed by atoms with Gasteiger partial charge in [-0.1, -0.05) is 0 Å². The minimum absolute atomic E-state index is 0.207. The number of nitrogens with zero attached hydrogens (tertiary/aromatic N) is 8. The van der Waals surface area contributed by atoms with Crippen molar-refractivity contribution in [2.24, 2.45) is 0 Å². The van der Waals surface area contributed by atoms with Crippen molar-refractivity contribution in [3.05, 3.63) is 119 Å². The molecule has 12 nitrogen and oxygen atoms in total. The fraction of sp³-hybridized carbons (Fsp3) is 0.0227. The van der Waals surface area contributed by atoms with Gasteiger partial charge in [0.05, 0.1) is 22.1 Å². The first-order chi connectivity index (χ1) is 29.4. The molecule has 1 N–H and O–H groups in total. The molecule has 0 radical (unpaired) electrons. The zero-order valence-corrected chi connectivity index (χ0v) is 33.3. The Balaban J connectivity index is 1.22. The predicted octanol–water partition coefficient (Wildman–Crippen LogP) is 9.03. The van der Waals surface area contributed by atoms with Gasteiger partial charge in [-0.05, 0) is 93.3 Å². The number of aliphatic hydroxyl groups is 1. The predicted molar refractivity (Wildman–Crippen MR) is 241 cm³/mol. The van der Waals surface area contributed by atoms with Crippen LogP contribution in [0.1, 0.15) is 11.8 Å². The number of imidazole rings is 4. The van der Waals surface area contributed by atoms with Crippen LogP contribution in [0.3, 0.4) is 0 Å². The lowest BCUT2D eigenvalue weighted by molar-refractivity contribution is 0.152. The average molecular weight is 849 g/mol. The molecule has 1 aliphatic rings. The van der Waals surface area contributed by atoms with Gasteiger partial charge in [0.1, 0.15) is 30.8 Å². The number of rotatable bonds is 1. The maximum Gasteiger partial charge on any atom is 0.264 e. The highest BCUT2D eigenvalue weighted by Crippen LogP contribution is 2.51. The Bertz CT molecular complexity index is 4720. The van der Waals surface area contributed by atoms with E-state index in [0.717, 1.165) is 41.9 Å². The van der Waals surface area contributed by atoms with E-state index in [-0.39, 0.29) is 16.7 Å². The summed E-state index contributed by atoms with van der Waals surface area (Å²) in [6, 6.07) is 19.1. The minimum Gasteiger partial charge on any atom is -0.369 e. The Kier molecular flexibility index (Phi) is 5.12. The molecular formula is C44H16N8O4S4. The molecule has 4 aromatic carbocycles. The highest BCUT2D eigenvalue weighted by molar-refractivity contribution is 7.17. The maximum atomic E-state index is 14.8. The highest BCUT2D eigenvalue weighted by Gasteiger charge is 2.34. The summed E-state index contributed by atoms with van der Waals surface area (Å²) >= 11 is 5.89. The second-order valence-corrected chi connectivity index (χ2v) is 19.0. The molecule has 0 fully saturated rings. The van der Waals surface area contributed by atoms with Crippen molar-refractivity contribution in [3.8, 4) is 22.5 Å². The van der Waals surface area contributed by atoms with Crippen LogP contribution < -0.4 is 16.7 Å². The van der Waals surface area contributed by atoms with Crippen LogP contribution in [-0.2, 0) is 0 Å². The second kappa shape index (κ2) is 9.90. The quantitative estimate of drug-likeness (QED) is 0.162. The van der Waals surface area contributed by atoms with Gasteiger partial charge in [0, 0.05) is 65.0 Å². The van der Waals surface area contributed by atoms with Crippen molar-refractivity contribution < 1.29 is 5.11 Å². The first-order valence-corrected chi connectivity index (χ1v) is 22.4. The van der Waals surface area contributed by atoms with Crippen LogP contribution in [0.5, 0.6) is 0 Å². The number of hydrogen-bond donors (Lipinski definition) is 1. The Hall–Kier alpha value is -6.95. The number of aromatic nitrogens is 8. The van der Waals surface area contributed by atoms with Gasteiger partial charge in [0.25, 0.3) is 16.7 Å². The van der Waals surface area contributed by atoms with Gasteiger partial charge in [0.2, 0.25) is 0 Å². The molecule has 0 saturated heterocycles. The molecule has 0 saturated carbocycles. The van der Waals surface area contributed by atoms with Crippen molar-refractivity contribution in [1.29, 1.82) is 0 Å². The van der Waals surface area contributed by atoms with Gasteiger partial charge in [-0.15, -0.1) is 45.3 Å². The van der Waals surface area contributed by atoms with E-state index in [1.807, 2.05) is 68.6 Å². The molecule has 16 heteroatoms. The van der Waals surface area contributed by atoms with Gasteiger partial charge >= 0.3 is 0 Å². The summed E-state index contributed by atoms with van der Waals surface area (Å²) in [7, 11) is 0. The first-order valence-electron chi connectivity index (χ1n) is 18.9. The molecular weight excluding hydrogens is 833 g/mol. The van der Waals surface area contributed by atoms with E-state index in [4.69, 9.17) is 19.9 Å². The van der Waals surface area contributed by atoms with Gasteiger partial charge in [-0.3, -0.25) is 32.2 Å². The summed E-state index contributed by atoms with van der Waals surface area (Å²) < 4.78 is 6.91. The molecule has 15 aromatic rings. The first kappa shape index (κ1) is 31.0. The minimum atomic E-state index is -1.15. The largest absolute Gasteiger partial charge is 0.369 e. The van der Waals surface area contributed by atoms with Crippen LogP contribution in [0.15, 0.2) is 96.6 Å². The van der Waals surface area contributed by atoms with Crippen molar-refractivity contribution in [1.82, 2.24) is 37.7 Å². The van der Waals surface area contributed by atoms with Crippen molar-refractivity contribution in [2.75, 3.05) is 0 Å². The summed E-state index contributed by atoms with van der Waals surface area (Å²) in [5, 5.41) is 26.5. The zero-order chi connectivity index (χ0) is 39.2. The number of thiophene rings is 4. The van der Waals surface area contributed by atoms with Crippen molar-refractivity contribution in [2.45, 2.75) is 6.23 Å². The van der Waals surface area contributed by atoms with Crippen LogP contribution in [0, 0.1) is 0 Å². The lowest BCUT2D eigenvalue weighted by atomic mass is 9.84. The maximum absolute atomic E-state index is 14.8. The van der Waals surface area contributed by atoms with E-state index in [2.05, 4.69) is 6.07 Å². The Morgan fingerprint density at radius 2 is 0.917 bits per heavy atom. The Labute approximate surface area is 346 Å². The molecule has 60 heavy (non-hydrogen) atoms. The Morgan fingerprint density at radius 3 is 1.52 bits per heavy atom. The van der Waals surface area contributed by atoms with Crippen LogP contribution in [-0.4, -0.2) is 42.8 Å². The van der Waals surface area contributed by atoms with E-state index in [9.17, 15) is 19.5 Å². The van der Waals surface area contributed by atoms with E-state index >= 15 is 0 Å². The highest BCUT2D eigenvalue weighted by atomic mass is 32.1. The monoisotopic (exact) mass is 848 g/mol. The standard InChI is InChI=1S/C44H16N8O4S4/c53-41-16-3-4-18-30-28(16)21(34-46-38-24(50(34)41)6-10-58-38)13-19(31(30)35-47-39-25(7-11-59-39)51(35)43(18)55)20-14-22-27-15(33-45-37-23(5-9-57-37)49(33)44(22)56)1-2-17-29(27)32(20)36-48-40-26(8-12-60-40)52(36)42(17)54/h1-14,44,56H. The molecule has 1 unspecified atom stereocenters. The summed E-state index contributed by atoms with van der Waals surface area (Å²) in [5.74, 6) is 0.629. The molecule has 1 atom stereocenters. The van der Waals surface area contributed by atoms with Gasteiger partial charge in [-0.2, -0.15) is 0 Å². The fourth-order valence-corrected chi connectivity index (χ4v) is 13.5. The van der Waals surface area contributed by atoms with Crippen LogP contribution >= 0.6 is 45.3 Å². The van der Waals surface area contributed by atoms with Crippen molar-refractivity contribution >= 4 is 158 Å². The molecule has 16 rings (SSSR count). The van der Waals surface area contributed by atoms with Gasteiger partial charge in [-0.25, -0.2) is 19.9 Å². The third kappa shape index (κ3) is 3.23. The summed E-state index contributed by atoms with van der Waals surface area (Å²) in [5.41, 5.74) is 6.53. The van der Waals surface area contributed by atoms with E-state index < -0.39 is 6.23 Å². The SMILES string of the molecule is O=c1c2ccc3c(=O)n4c5ccsc5nc4c4c(-c5cc6c7c(ccc8c(=O)n9c%10ccsc%10nc9c5c78)-c5nc7sccc7n5C6O)cc(c2c34)c2nc3sccc3n12. The number of benzene rings is 4. The van der Waals surface area contributed by atoms with Crippen LogP contribution in [0.4, 0.5) is 0 Å². The molecule has 11 aromatic heterocycles. The summed E-state index contributed by atoms with van der Waals surface area (Å²) in [6.45, 7) is 0. The molecule has 1 aliphatic heterocycles. The molecule has 0 amide bonds. The molecule has 0 bridgehead atoms. The van der Waals surface area contributed by atoms with Gasteiger partial charge < -0.3 is 5.11 Å². The lowest BCUT2D eigenvalue weighted by Gasteiger charge is -2.27. The molecule has 0 spiro atoms.